The molecule has 0 unspecified atom stereocenters. The number of amidine groups is 1. The van der Waals surface area contributed by atoms with Gasteiger partial charge in [-0.1, -0.05) is 97.1 Å². The van der Waals surface area contributed by atoms with Crippen LogP contribution in [0.1, 0.15) is 16.7 Å². The molecule has 1 aliphatic rings. The van der Waals surface area contributed by atoms with E-state index in [1.807, 2.05) is 97.1 Å². The summed E-state index contributed by atoms with van der Waals surface area (Å²) < 4.78 is 7.01. The Labute approximate surface area is 246 Å². The summed E-state index contributed by atoms with van der Waals surface area (Å²) in [6.07, 6.45) is 1.91. The van der Waals surface area contributed by atoms with Crippen molar-refractivity contribution in [2.45, 2.75) is 13.2 Å². The van der Waals surface area contributed by atoms with E-state index < -0.39 is 0 Å². The number of halogens is 1. The summed E-state index contributed by atoms with van der Waals surface area (Å²) in [5.74, 6) is 0.688. The van der Waals surface area contributed by atoms with Crippen LogP contribution in [-0.4, -0.2) is 16.0 Å². The van der Waals surface area contributed by atoms with E-state index in [4.69, 9.17) is 9.73 Å². The predicted octanol–water partition coefficient (Wildman–Crippen LogP) is 8.99. The van der Waals surface area contributed by atoms with Crippen molar-refractivity contribution in [2.75, 3.05) is 0 Å². The van der Waals surface area contributed by atoms with E-state index >= 15 is 0 Å². The van der Waals surface area contributed by atoms with E-state index in [1.165, 1.54) is 22.5 Å². The molecule has 0 saturated carbocycles. The van der Waals surface area contributed by atoms with E-state index in [1.54, 1.807) is 4.90 Å². The molecule has 5 aromatic rings. The van der Waals surface area contributed by atoms with Gasteiger partial charge in [0.2, 0.25) is 0 Å². The van der Waals surface area contributed by atoms with Crippen molar-refractivity contribution in [1.82, 2.24) is 4.90 Å². The number of benzene rings is 5. The monoisotopic (exact) mass is 604 g/mol. The van der Waals surface area contributed by atoms with E-state index in [-0.39, 0.29) is 5.91 Å². The minimum absolute atomic E-state index is 0.0593. The quantitative estimate of drug-likeness (QED) is 0.174. The number of nitrogens with zero attached hydrogens (tertiary/aromatic N) is 2. The smallest absolute Gasteiger partial charge is 0.267 e. The first-order chi connectivity index (χ1) is 19.6. The van der Waals surface area contributed by atoms with Gasteiger partial charge >= 0.3 is 0 Å². The van der Waals surface area contributed by atoms with Crippen molar-refractivity contribution >= 4 is 61.3 Å². The maximum absolute atomic E-state index is 13.6. The van der Waals surface area contributed by atoms with Crippen molar-refractivity contribution in [3.63, 3.8) is 0 Å². The van der Waals surface area contributed by atoms with Crippen LogP contribution in [-0.2, 0) is 17.9 Å². The second-order valence-electron chi connectivity index (χ2n) is 9.33. The van der Waals surface area contributed by atoms with Crippen molar-refractivity contribution < 1.29 is 9.53 Å². The number of hydrogen-bond donors (Lipinski definition) is 0. The van der Waals surface area contributed by atoms with Gasteiger partial charge in [-0.25, -0.2) is 4.99 Å². The summed E-state index contributed by atoms with van der Waals surface area (Å²) in [7, 11) is 0. The number of thioether (sulfide) groups is 1. The van der Waals surface area contributed by atoms with Crippen LogP contribution in [0.3, 0.4) is 0 Å². The fourth-order valence-corrected chi connectivity index (χ4v) is 6.07. The van der Waals surface area contributed by atoms with Gasteiger partial charge in [-0.15, -0.1) is 0 Å². The third-order valence-electron chi connectivity index (χ3n) is 6.57. The van der Waals surface area contributed by atoms with Gasteiger partial charge in [0.25, 0.3) is 5.91 Å². The third kappa shape index (κ3) is 5.88. The number of fused-ring (bicyclic) bond motifs is 1. The number of rotatable bonds is 7. The number of aliphatic imine (C=N–C) groups is 1. The van der Waals surface area contributed by atoms with Gasteiger partial charge in [-0.3, -0.25) is 9.69 Å². The second kappa shape index (κ2) is 11.9. The van der Waals surface area contributed by atoms with Gasteiger partial charge in [-0.05, 0) is 85.5 Å². The first-order valence-corrected chi connectivity index (χ1v) is 14.5. The lowest BCUT2D eigenvalue weighted by Crippen LogP contribution is -2.28. The van der Waals surface area contributed by atoms with E-state index in [9.17, 15) is 4.79 Å². The Bertz CT molecular complexity index is 1730. The molecule has 1 fully saturated rings. The molecule has 6 rings (SSSR count). The Kier molecular flexibility index (Phi) is 7.80. The fourth-order valence-electron chi connectivity index (χ4n) is 4.56. The molecule has 5 aromatic carbocycles. The lowest BCUT2D eigenvalue weighted by atomic mass is 10.1. The first-order valence-electron chi connectivity index (χ1n) is 12.9. The van der Waals surface area contributed by atoms with E-state index in [0.717, 1.165) is 32.6 Å². The molecule has 6 heteroatoms. The highest BCUT2D eigenvalue weighted by molar-refractivity contribution is 9.10. The van der Waals surface area contributed by atoms with Gasteiger partial charge in [0, 0.05) is 0 Å². The molecule has 0 N–H and O–H groups in total. The Morgan fingerprint density at radius 3 is 2.35 bits per heavy atom. The molecule has 0 spiro atoms. The lowest BCUT2D eigenvalue weighted by molar-refractivity contribution is -0.122. The zero-order chi connectivity index (χ0) is 27.3. The summed E-state index contributed by atoms with van der Waals surface area (Å²) in [6, 6.07) is 40.2. The highest BCUT2D eigenvalue weighted by Gasteiger charge is 2.33. The maximum Gasteiger partial charge on any atom is 0.267 e. The minimum Gasteiger partial charge on any atom is -0.488 e. The summed E-state index contributed by atoms with van der Waals surface area (Å²) in [6.45, 7) is 0.919. The molecule has 196 valence electrons. The van der Waals surface area contributed by atoms with E-state index in [2.05, 4.69) is 46.3 Å². The molecule has 1 heterocycles. The number of ether oxygens (including phenoxy) is 1. The number of amides is 1. The Morgan fingerprint density at radius 1 is 0.825 bits per heavy atom. The number of hydrogen-bond acceptors (Lipinski definition) is 4. The Morgan fingerprint density at radius 2 is 1.55 bits per heavy atom. The van der Waals surface area contributed by atoms with Gasteiger partial charge < -0.3 is 4.74 Å². The number of carbonyl (C=O) groups excluding carboxylic acids is 1. The molecule has 4 nitrogen and oxygen atoms in total. The summed E-state index contributed by atoms with van der Waals surface area (Å²) >= 11 is 5.06. The lowest BCUT2D eigenvalue weighted by Gasteiger charge is -2.15. The van der Waals surface area contributed by atoms with Crippen molar-refractivity contribution in [3.8, 4) is 5.75 Å². The average molecular weight is 606 g/mol. The predicted molar refractivity (Wildman–Crippen MR) is 169 cm³/mol. The molecule has 0 radical (unpaired) electrons. The van der Waals surface area contributed by atoms with Crippen LogP contribution in [0.4, 0.5) is 5.69 Å². The Hall–Kier alpha value is -4.13. The standard InChI is InChI=1S/C34H25BrN2O2S/c35-30-20-25(18-19-31(30)39-23-27-14-9-13-26-12-7-8-17-29(26)27)21-32-33(38)37(22-24-10-3-1-4-11-24)34(40-32)36-28-15-5-2-6-16-28/h1-21H,22-23H2/b32-21+,36-34?. The zero-order valence-electron chi connectivity index (χ0n) is 21.5. The molecule has 1 saturated heterocycles. The maximum atomic E-state index is 13.6. The molecule has 40 heavy (non-hydrogen) atoms. The van der Waals surface area contributed by atoms with Gasteiger partial charge in [0.15, 0.2) is 5.17 Å². The molecular formula is C34H25BrN2O2S. The van der Waals surface area contributed by atoms with Crippen LogP contribution in [0, 0.1) is 0 Å². The summed E-state index contributed by atoms with van der Waals surface area (Å²) in [5, 5.41) is 3.05. The van der Waals surface area contributed by atoms with Gasteiger partial charge in [0.05, 0.1) is 21.6 Å². The highest BCUT2D eigenvalue weighted by Crippen LogP contribution is 2.36. The average Bonchev–Trinajstić information content (AvgIpc) is 3.26. The molecule has 0 bridgehead atoms. The van der Waals surface area contributed by atoms with Gasteiger partial charge in [-0.2, -0.15) is 0 Å². The van der Waals surface area contributed by atoms with Crippen LogP contribution in [0.5, 0.6) is 5.75 Å². The van der Waals surface area contributed by atoms with Crippen LogP contribution < -0.4 is 4.74 Å². The molecule has 0 atom stereocenters. The van der Waals surface area contributed by atoms with Crippen LogP contribution >= 0.6 is 27.7 Å². The molecule has 0 aromatic heterocycles. The van der Waals surface area contributed by atoms with Crippen molar-refractivity contribution in [2.24, 2.45) is 4.99 Å². The molecular weight excluding hydrogens is 580 g/mol. The van der Waals surface area contributed by atoms with E-state index in [0.29, 0.717) is 23.2 Å². The SMILES string of the molecule is O=C1/C(=C\c2ccc(OCc3cccc4ccccc34)c(Br)c2)SC(=Nc2ccccc2)N1Cc1ccccc1. The topological polar surface area (TPSA) is 41.9 Å². The fraction of sp³-hybridized carbons (Fsp3) is 0.0588. The molecule has 1 amide bonds. The third-order valence-corrected chi connectivity index (χ3v) is 8.20. The zero-order valence-corrected chi connectivity index (χ0v) is 23.9. The first kappa shape index (κ1) is 26.1. The normalized spacial score (nSPS) is 15.3. The van der Waals surface area contributed by atoms with Crippen LogP contribution in [0.15, 0.2) is 136 Å². The molecule has 0 aliphatic carbocycles. The molecule has 1 aliphatic heterocycles. The van der Waals surface area contributed by atoms with Crippen molar-refractivity contribution in [3.05, 3.63) is 147 Å². The van der Waals surface area contributed by atoms with Crippen LogP contribution in [0.25, 0.3) is 16.8 Å². The summed E-state index contributed by atoms with van der Waals surface area (Å²) in [4.78, 5) is 20.7. The number of carbonyl (C=O) groups is 1. The highest BCUT2D eigenvalue weighted by atomic mass is 79.9. The number of para-hydroxylation sites is 1. The minimum atomic E-state index is -0.0593. The second-order valence-corrected chi connectivity index (χ2v) is 11.2. The summed E-state index contributed by atoms with van der Waals surface area (Å²) in [5.41, 5.74) is 3.90. The van der Waals surface area contributed by atoms with Crippen LogP contribution in [0.2, 0.25) is 0 Å². The largest absolute Gasteiger partial charge is 0.488 e. The van der Waals surface area contributed by atoms with Crippen molar-refractivity contribution in [1.29, 1.82) is 0 Å². The van der Waals surface area contributed by atoms with Gasteiger partial charge in [0.1, 0.15) is 12.4 Å². The Balaban J connectivity index is 1.23.